The number of aromatic amines is 1. The molecule has 0 unspecified atom stereocenters. The van der Waals surface area contributed by atoms with Crippen molar-refractivity contribution in [1.29, 1.82) is 0 Å². The molecule has 0 saturated heterocycles. The van der Waals surface area contributed by atoms with Crippen molar-refractivity contribution in [2.45, 2.75) is 23.3 Å². The summed E-state index contributed by atoms with van der Waals surface area (Å²) in [6, 6.07) is 16.3. The maximum Gasteiger partial charge on any atom is 0.224 e. The van der Waals surface area contributed by atoms with Gasteiger partial charge >= 0.3 is 0 Å². The SMILES string of the molecule is Cc1[nH]c2ccc(F)cc2c1Cc1cccnc1S(=O)(=O)c1ccccc1. The van der Waals surface area contributed by atoms with Crippen molar-refractivity contribution in [3.63, 3.8) is 0 Å². The second-order valence-corrected chi connectivity index (χ2v) is 8.24. The van der Waals surface area contributed by atoms with Crippen molar-refractivity contribution in [2.24, 2.45) is 0 Å². The van der Waals surface area contributed by atoms with Crippen molar-refractivity contribution >= 4 is 20.7 Å². The Hall–Kier alpha value is -2.99. The van der Waals surface area contributed by atoms with E-state index in [1.54, 1.807) is 48.5 Å². The molecule has 0 aliphatic rings. The van der Waals surface area contributed by atoms with Crippen LogP contribution in [0.2, 0.25) is 0 Å². The molecule has 2 heterocycles. The summed E-state index contributed by atoms with van der Waals surface area (Å²) >= 11 is 0. The molecule has 4 rings (SSSR count). The third kappa shape index (κ3) is 3.13. The minimum absolute atomic E-state index is 0.0290. The lowest BCUT2D eigenvalue weighted by Gasteiger charge is -2.10. The summed E-state index contributed by atoms with van der Waals surface area (Å²) in [6.07, 6.45) is 1.81. The van der Waals surface area contributed by atoms with Crippen molar-refractivity contribution in [3.8, 4) is 0 Å². The first-order valence-electron chi connectivity index (χ1n) is 8.47. The highest BCUT2D eigenvalue weighted by molar-refractivity contribution is 7.91. The number of nitrogens with zero attached hydrogens (tertiary/aromatic N) is 1. The van der Waals surface area contributed by atoms with Gasteiger partial charge in [0.25, 0.3) is 0 Å². The van der Waals surface area contributed by atoms with Crippen LogP contribution in [-0.2, 0) is 16.3 Å². The van der Waals surface area contributed by atoms with Crippen LogP contribution in [0.25, 0.3) is 10.9 Å². The van der Waals surface area contributed by atoms with Crippen LogP contribution in [0.3, 0.4) is 0 Å². The Morgan fingerprint density at radius 2 is 1.81 bits per heavy atom. The predicted molar refractivity (Wildman–Crippen MR) is 102 cm³/mol. The van der Waals surface area contributed by atoms with E-state index < -0.39 is 9.84 Å². The number of halogens is 1. The number of hydrogen-bond donors (Lipinski definition) is 1. The monoisotopic (exact) mass is 380 g/mol. The van der Waals surface area contributed by atoms with Crippen LogP contribution < -0.4 is 0 Å². The maximum atomic E-state index is 13.7. The van der Waals surface area contributed by atoms with Crippen LogP contribution in [0.15, 0.2) is 76.8 Å². The van der Waals surface area contributed by atoms with E-state index >= 15 is 0 Å². The molecular formula is C21H17FN2O2S. The molecular weight excluding hydrogens is 363 g/mol. The Kier molecular flexibility index (Phi) is 4.28. The zero-order chi connectivity index (χ0) is 19.0. The lowest BCUT2D eigenvalue weighted by Crippen LogP contribution is -2.08. The first-order chi connectivity index (χ1) is 13.0. The smallest absolute Gasteiger partial charge is 0.224 e. The molecule has 27 heavy (non-hydrogen) atoms. The van der Waals surface area contributed by atoms with Crippen LogP contribution in [-0.4, -0.2) is 18.4 Å². The first-order valence-corrected chi connectivity index (χ1v) is 9.96. The van der Waals surface area contributed by atoms with E-state index in [2.05, 4.69) is 9.97 Å². The number of aromatic nitrogens is 2. The van der Waals surface area contributed by atoms with Crippen molar-refractivity contribution < 1.29 is 12.8 Å². The summed E-state index contributed by atoms with van der Waals surface area (Å²) in [4.78, 5) is 7.59. The van der Waals surface area contributed by atoms with Crippen LogP contribution in [0.5, 0.6) is 0 Å². The third-order valence-electron chi connectivity index (χ3n) is 4.61. The Labute approximate surface area is 156 Å². The summed E-state index contributed by atoms with van der Waals surface area (Å²) in [5, 5.41) is 0.778. The van der Waals surface area contributed by atoms with Gasteiger partial charge in [-0.15, -0.1) is 0 Å². The van der Waals surface area contributed by atoms with Crippen molar-refractivity contribution in [1.82, 2.24) is 9.97 Å². The van der Waals surface area contributed by atoms with Gasteiger partial charge in [-0.05, 0) is 54.4 Å². The standard InChI is InChI=1S/C21H17FN2O2S/c1-14-18(19-13-16(22)9-10-20(19)24-14)12-15-6-5-11-23-21(15)27(25,26)17-7-3-2-4-8-17/h2-11,13,24H,12H2,1H3. The Morgan fingerprint density at radius 1 is 1.04 bits per heavy atom. The van der Waals surface area contributed by atoms with Gasteiger partial charge in [0.15, 0.2) is 5.03 Å². The largest absolute Gasteiger partial charge is 0.358 e. The molecule has 0 fully saturated rings. The van der Waals surface area contributed by atoms with E-state index in [0.29, 0.717) is 12.0 Å². The number of fused-ring (bicyclic) bond motifs is 1. The molecule has 4 aromatic rings. The Balaban J connectivity index is 1.84. The van der Waals surface area contributed by atoms with Gasteiger partial charge in [-0.3, -0.25) is 0 Å². The van der Waals surface area contributed by atoms with Gasteiger partial charge in [-0.1, -0.05) is 24.3 Å². The summed E-state index contributed by atoms with van der Waals surface area (Å²) in [6.45, 7) is 1.90. The number of benzene rings is 2. The fraction of sp³-hybridized carbons (Fsp3) is 0.0952. The lowest BCUT2D eigenvalue weighted by molar-refractivity contribution is 0.591. The molecule has 136 valence electrons. The Morgan fingerprint density at radius 3 is 2.59 bits per heavy atom. The zero-order valence-electron chi connectivity index (χ0n) is 14.6. The molecule has 0 saturated carbocycles. The molecule has 4 nitrogen and oxygen atoms in total. The molecule has 1 N–H and O–H groups in total. The minimum Gasteiger partial charge on any atom is -0.358 e. The summed E-state index contributed by atoms with van der Waals surface area (Å²) in [5.74, 6) is -0.328. The highest BCUT2D eigenvalue weighted by atomic mass is 32.2. The quantitative estimate of drug-likeness (QED) is 0.569. The van der Waals surface area contributed by atoms with E-state index in [1.807, 2.05) is 6.92 Å². The third-order valence-corrected chi connectivity index (χ3v) is 6.38. The molecule has 0 bridgehead atoms. The number of hydrogen-bond acceptors (Lipinski definition) is 3. The second kappa shape index (κ2) is 6.63. The van der Waals surface area contributed by atoms with Gasteiger partial charge < -0.3 is 4.98 Å². The van der Waals surface area contributed by atoms with Gasteiger partial charge in [0.05, 0.1) is 4.90 Å². The second-order valence-electron chi connectivity index (χ2n) is 6.38. The average Bonchev–Trinajstić information content (AvgIpc) is 2.98. The van der Waals surface area contributed by atoms with E-state index in [-0.39, 0.29) is 15.7 Å². The topological polar surface area (TPSA) is 62.8 Å². The van der Waals surface area contributed by atoms with Crippen LogP contribution in [0.4, 0.5) is 4.39 Å². The molecule has 0 spiro atoms. The highest BCUT2D eigenvalue weighted by Gasteiger charge is 2.23. The highest BCUT2D eigenvalue weighted by Crippen LogP contribution is 2.29. The minimum atomic E-state index is -3.74. The lowest BCUT2D eigenvalue weighted by atomic mass is 10.0. The molecule has 2 aromatic heterocycles. The summed E-state index contributed by atoms with van der Waals surface area (Å²) in [7, 11) is -3.74. The molecule has 0 aliphatic heterocycles. The number of sulfone groups is 1. The fourth-order valence-electron chi connectivity index (χ4n) is 3.28. The average molecular weight is 380 g/mol. The van der Waals surface area contributed by atoms with E-state index in [0.717, 1.165) is 22.2 Å². The van der Waals surface area contributed by atoms with E-state index in [4.69, 9.17) is 0 Å². The number of aryl methyl sites for hydroxylation is 1. The normalized spacial score (nSPS) is 11.8. The van der Waals surface area contributed by atoms with Gasteiger partial charge in [-0.2, -0.15) is 0 Å². The van der Waals surface area contributed by atoms with Crippen molar-refractivity contribution in [2.75, 3.05) is 0 Å². The molecule has 2 aromatic carbocycles. The van der Waals surface area contributed by atoms with E-state index in [9.17, 15) is 12.8 Å². The zero-order valence-corrected chi connectivity index (χ0v) is 15.4. The molecule has 0 amide bonds. The fourth-order valence-corrected chi connectivity index (χ4v) is 4.71. The van der Waals surface area contributed by atoms with Gasteiger partial charge in [0.2, 0.25) is 9.84 Å². The molecule has 0 radical (unpaired) electrons. The van der Waals surface area contributed by atoms with Gasteiger partial charge in [0.1, 0.15) is 5.82 Å². The number of H-pyrrole nitrogens is 1. The number of pyridine rings is 1. The van der Waals surface area contributed by atoms with E-state index in [1.165, 1.54) is 18.3 Å². The number of nitrogens with one attached hydrogen (secondary N) is 1. The summed E-state index contributed by atoms with van der Waals surface area (Å²) < 4.78 is 39.8. The molecule has 6 heteroatoms. The van der Waals surface area contributed by atoms with Crippen LogP contribution in [0.1, 0.15) is 16.8 Å². The molecule has 0 aliphatic carbocycles. The molecule has 0 atom stereocenters. The van der Waals surface area contributed by atoms with Crippen molar-refractivity contribution in [3.05, 3.63) is 89.5 Å². The Bertz CT molecular complexity index is 1230. The van der Waals surface area contributed by atoms with Gasteiger partial charge in [-0.25, -0.2) is 17.8 Å². The predicted octanol–water partition coefficient (Wildman–Crippen LogP) is 4.43. The summed E-state index contributed by atoms with van der Waals surface area (Å²) in [5.41, 5.74) is 3.14. The maximum absolute atomic E-state index is 13.7. The first kappa shape index (κ1) is 17.4. The number of rotatable bonds is 4. The van der Waals surface area contributed by atoms with Gasteiger partial charge in [0, 0.05) is 29.2 Å². The van der Waals surface area contributed by atoms with Crippen LogP contribution in [0, 0.1) is 12.7 Å². The van der Waals surface area contributed by atoms with Crippen LogP contribution >= 0.6 is 0 Å².